The summed E-state index contributed by atoms with van der Waals surface area (Å²) in [5.74, 6) is -0.433. The Hall–Kier alpha value is -2.41. The molecule has 7 heteroatoms. The van der Waals surface area contributed by atoms with Crippen molar-refractivity contribution in [2.45, 2.75) is 33.3 Å². The Morgan fingerprint density at radius 1 is 1.32 bits per heavy atom. The van der Waals surface area contributed by atoms with Gasteiger partial charge in [0.1, 0.15) is 5.69 Å². The summed E-state index contributed by atoms with van der Waals surface area (Å²) in [6.45, 7) is 7.40. The van der Waals surface area contributed by atoms with Gasteiger partial charge in [0.15, 0.2) is 5.82 Å². The Kier molecular flexibility index (Phi) is 5.03. The average molecular weight is 346 g/mol. The smallest absolute Gasteiger partial charge is 0.321 e. The lowest BCUT2D eigenvalue weighted by Crippen LogP contribution is -2.36. The highest BCUT2D eigenvalue weighted by Gasteiger charge is 2.19. The summed E-state index contributed by atoms with van der Waals surface area (Å²) in [4.78, 5) is 14.1. The standard InChI is InChI=1S/C18H23FN4O2/c1-12-10-13(2)23(21-12)17-5-4-15(11-16(17)19)20-18(24)22-7-6-14(3)25-9-8-22/h4-5,10-11,14H,6-9H2,1-3H3,(H,20,24). The van der Waals surface area contributed by atoms with E-state index < -0.39 is 5.82 Å². The molecular formula is C18H23FN4O2. The normalized spacial score (nSPS) is 18.1. The van der Waals surface area contributed by atoms with Gasteiger partial charge < -0.3 is 15.0 Å². The van der Waals surface area contributed by atoms with Crippen LogP contribution in [0.25, 0.3) is 5.69 Å². The van der Waals surface area contributed by atoms with Crippen LogP contribution < -0.4 is 5.32 Å². The number of carbonyl (C=O) groups excluding carboxylic acids is 1. The fraction of sp³-hybridized carbons (Fsp3) is 0.444. The van der Waals surface area contributed by atoms with E-state index in [0.717, 1.165) is 17.8 Å². The molecule has 1 saturated heterocycles. The number of rotatable bonds is 2. The fourth-order valence-corrected chi connectivity index (χ4v) is 2.93. The van der Waals surface area contributed by atoms with Gasteiger partial charge in [-0.25, -0.2) is 13.9 Å². The minimum absolute atomic E-state index is 0.148. The van der Waals surface area contributed by atoms with E-state index >= 15 is 0 Å². The zero-order chi connectivity index (χ0) is 18.0. The number of nitrogens with zero attached hydrogens (tertiary/aromatic N) is 3. The minimum atomic E-state index is -0.433. The Labute approximate surface area is 146 Å². The molecule has 1 aliphatic rings. The molecule has 1 N–H and O–H groups in total. The van der Waals surface area contributed by atoms with E-state index in [2.05, 4.69) is 10.4 Å². The first kappa shape index (κ1) is 17.4. The highest BCUT2D eigenvalue weighted by molar-refractivity contribution is 5.89. The second-order valence-corrected chi connectivity index (χ2v) is 6.39. The topological polar surface area (TPSA) is 59.4 Å². The number of hydrogen-bond acceptors (Lipinski definition) is 3. The molecule has 2 heterocycles. The third kappa shape index (κ3) is 3.99. The summed E-state index contributed by atoms with van der Waals surface area (Å²) in [6.07, 6.45) is 0.939. The molecule has 1 atom stereocenters. The summed E-state index contributed by atoms with van der Waals surface area (Å²) in [6, 6.07) is 6.27. The maximum absolute atomic E-state index is 14.5. The second-order valence-electron chi connectivity index (χ2n) is 6.39. The number of ether oxygens (including phenoxy) is 1. The van der Waals surface area contributed by atoms with Gasteiger partial charge in [0.2, 0.25) is 0 Å². The number of halogens is 1. The first-order valence-corrected chi connectivity index (χ1v) is 8.45. The molecular weight excluding hydrogens is 323 g/mol. The Balaban J connectivity index is 1.72. The molecule has 3 rings (SSSR count). The summed E-state index contributed by atoms with van der Waals surface area (Å²) < 4.78 is 21.6. The number of urea groups is 1. The van der Waals surface area contributed by atoms with Gasteiger partial charge in [0.25, 0.3) is 0 Å². The van der Waals surface area contributed by atoms with Crippen LogP contribution in [0.5, 0.6) is 0 Å². The number of aryl methyl sites for hydroxylation is 2. The number of benzene rings is 1. The van der Waals surface area contributed by atoms with Crippen molar-refractivity contribution in [1.29, 1.82) is 0 Å². The molecule has 2 aromatic rings. The zero-order valence-corrected chi connectivity index (χ0v) is 14.8. The maximum Gasteiger partial charge on any atom is 0.321 e. The quantitative estimate of drug-likeness (QED) is 0.908. The molecule has 1 aromatic carbocycles. The van der Waals surface area contributed by atoms with Crippen molar-refractivity contribution < 1.29 is 13.9 Å². The molecule has 0 bridgehead atoms. The lowest BCUT2D eigenvalue weighted by atomic mass is 10.2. The van der Waals surface area contributed by atoms with Crippen molar-refractivity contribution >= 4 is 11.7 Å². The number of anilines is 1. The van der Waals surface area contributed by atoms with E-state index in [-0.39, 0.29) is 12.1 Å². The zero-order valence-electron chi connectivity index (χ0n) is 14.8. The van der Waals surface area contributed by atoms with Gasteiger partial charge in [0.05, 0.1) is 18.4 Å². The van der Waals surface area contributed by atoms with E-state index in [0.29, 0.717) is 31.1 Å². The summed E-state index contributed by atoms with van der Waals surface area (Å²) in [5, 5.41) is 7.05. The van der Waals surface area contributed by atoms with Gasteiger partial charge in [-0.15, -0.1) is 0 Å². The monoisotopic (exact) mass is 346 g/mol. The van der Waals surface area contributed by atoms with E-state index in [1.165, 1.54) is 6.07 Å². The lowest BCUT2D eigenvalue weighted by Gasteiger charge is -2.20. The van der Waals surface area contributed by atoms with E-state index in [4.69, 9.17) is 4.74 Å². The predicted molar refractivity (Wildman–Crippen MR) is 93.6 cm³/mol. The van der Waals surface area contributed by atoms with Gasteiger partial charge in [0, 0.05) is 24.5 Å². The van der Waals surface area contributed by atoms with Crippen molar-refractivity contribution in [3.05, 3.63) is 41.5 Å². The van der Waals surface area contributed by atoms with Crippen molar-refractivity contribution in [3.63, 3.8) is 0 Å². The van der Waals surface area contributed by atoms with Crippen molar-refractivity contribution in [2.75, 3.05) is 25.0 Å². The summed E-state index contributed by atoms with van der Waals surface area (Å²) in [7, 11) is 0. The molecule has 1 fully saturated rings. The lowest BCUT2D eigenvalue weighted by molar-refractivity contribution is 0.0761. The van der Waals surface area contributed by atoms with Crippen LogP contribution >= 0.6 is 0 Å². The largest absolute Gasteiger partial charge is 0.377 e. The maximum atomic E-state index is 14.5. The molecule has 0 spiro atoms. The molecule has 1 aromatic heterocycles. The number of aromatic nitrogens is 2. The Bertz CT molecular complexity index is 774. The molecule has 0 aliphatic carbocycles. The number of hydrogen-bond donors (Lipinski definition) is 1. The summed E-state index contributed by atoms with van der Waals surface area (Å²) >= 11 is 0. The Morgan fingerprint density at radius 2 is 2.12 bits per heavy atom. The highest BCUT2D eigenvalue weighted by Crippen LogP contribution is 2.20. The van der Waals surface area contributed by atoms with Gasteiger partial charge >= 0.3 is 6.03 Å². The molecule has 1 aliphatic heterocycles. The minimum Gasteiger partial charge on any atom is -0.377 e. The van der Waals surface area contributed by atoms with Crippen LogP contribution in [0.15, 0.2) is 24.3 Å². The first-order valence-electron chi connectivity index (χ1n) is 8.45. The molecule has 25 heavy (non-hydrogen) atoms. The van der Waals surface area contributed by atoms with Crippen LogP contribution in [0, 0.1) is 19.7 Å². The van der Waals surface area contributed by atoms with Crippen LogP contribution in [-0.4, -0.2) is 46.5 Å². The van der Waals surface area contributed by atoms with Crippen LogP contribution in [0.1, 0.15) is 24.7 Å². The fourth-order valence-electron chi connectivity index (χ4n) is 2.93. The molecule has 2 amide bonds. The van der Waals surface area contributed by atoms with Crippen LogP contribution in [0.4, 0.5) is 14.9 Å². The van der Waals surface area contributed by atoms with Gasteiger partial charge in [-0.1, -0.05) is 0 Å². The number of amides is 2. The molecule has 6 nitrogen and oxygen atoms in total. The number of nitrogens with one attached hydrogen (secondary N) is 1. The van der Waals surface area contributed by atoms with Crippen LogP contribution in [0.2, 0.25) is 0 Å². The second kappa shape index (κ2) is 7.23. The average Bonchev–Trinajstić information content (AvgIpc) is 2.75. The molecule has 0 radical (unpaired) electrons. The van der Waals surface area contributed by atoms with Gasteiger partial charge in [-0.2, -0.15) is 5.10 Å². The molecule has 0 saturated carbocycles. The highest BCUT2D eigenvalue weighted by atomic mass is 19.1. The molecule has 134 valence electrons. The van der Waals surface area contributed by atoms with E-state index in [1.807, 2.05) is 26.8 Å². The SMILES string of the molecule is Cc1cc(C)n(-c2ccc(NC(=O)N3CCOC(C)CC3)cc2F)n1. The van der Waals surface area contributed by atoms with Crippen molar-refractivity contribution in [2.24, 2.45) is 0 Å². The molecule has 1 unspecified atom stereocenters. The first-order chi connectivity index (χ1) is 11.9. The van der Waals surface area contributed by atoms with Crippen LogP contribution in [0.3, 0.4) is 0 Å². The third-order valence-corrected chi connectivity index (χ3v) is 4.29. The van der Waals surface area contributed by atoms with E-state index in [9.17, 15) is 9.18 Å². The van der Waals surface area contributed by atoms with E-state index in [1.54, 1.807) is 21.7 Å². The summed E-state index contributed by atoms with van der Waals surface area (Å²) in [5.41, 5.74) is 2.46. The number of carbonyl (C=O) groups is 1. The predicted octanol–water partition coefficient (Wildman–Crippen LogP) is 3.27. The van der Waals surface area contributed by atoms with Gasteiger partial charge in [-0.05, 0) is 51.5 Å². The van der Waals surface area contributed by atoms with Gasteiger partial charge in [-0.3, -0.25) is 0 Å². The van der Waals surface area contributed by atoms with Crippen molar-refractivity contribution in [3.8, 4) is 5.69 Å². The van der Waals surface area contributed by atoms with Crippen LogP contribution in [-0.2, 0) is 4.74 Å². The Morgan fingerprint density at radius 3 is 2.80 bits per heavy atom. The third-order valence-electron chi connectivity index (χ3n) is 4.29. The van der Waals surface area contributed by atoms with Crippen molar-refractivity contribution in [1.82, 2.24) is 14.7 Å².